The lowest BCUT2D eigenvalue weighted by Crippen LogP contribution is -2.44. The fourth-order valence-corrected chi connectivity index (χ4v) is 5.42. The van der Waals surface area contributed by atoms with E-state index in [4.69, 9.17) is 16.3 Å². The van der Waals surface area contributed by atoms with E-state index in [0.29, 0.717) is 32.1 Å². The molecule has 1 N–H and O–H groups in total. The van der Waals surface area contributed by atoms with Crippen LogP contribution in [0.15, 0.2) is 52.2 Å². The molecule has 1 aliphatic rings. The number of carbonyl (C=O) groups excluding carboxylic acids is 1. The van der Waals surface area contributed by atoms with Gasteiger partial charge in [-0.25, -0.2) is 9.78 Å². The van der Waals surface area contributed by atoms with E-state index in [1.54, 1.807) is 18.3 Å². The summed E-state index contributed by atoms with van der Waals surface area (Å²) in [5, 5.41) is 4.05. The van der Waals surface area contributed by atoms with Gasteiger partial charge in [0.15, 0.2) is 0 Å². The number of aromatic nitrogens is 3. The number of amides is 1. The van der Waals surface area contributed by atoms with E-state index < -0.39 is 5.69 Å². The first-order valence-corrected chi connectivity index (χ1v) is 11.8. The molecule has 8 nitrogen and oxygen atoms in total. The zero-order valence-corrected chi connectivity index (χ0v) is 19.2. The van der Waals surface area contributed by atoms with Crippen molar-refractivity contribution in [3.05, 3.63) is 74.0 Å². The van der Waals surface area contributed by atoms with Gasteiger partial charge in [-0.05, 0) is 36.6 Å². The molecule has 0 unspecified atom stereocenters. The van der Waals surface area contributed by atoms with Crippen LogP contribution in [0.4, 0.5) is 0 Å². The lowest BCUT2D eigenvalue weighted by Gasteiger charge is -2.15. The van der Waals surface area contributed by atoms with Crippen LogP contribution in [0.1, 0.15) is 18.4 Å². The van der Waals surface area contributed by atoms with Crippen LogP contribution in [0.3, 0.4) is 0 Å². The van der Waals surface area contributed by atoms with Crippen LogP contribution in [0.25, 0.3) is 20.4 Å². The maximum atomic E-state index is 13.5. The largest absolute Gasteiger partial charge is 0.376 e. The van der Waals surface area contributed by atoms with E-state index in [-0.39, 0.29) is 37.2 Å². The third-order valence-corrected chi connectivity index (χ3v) is 7.22. The SMILES string of the molecule is O=C(Cn1c(=O)n(C[C@@H]2CCCO2)c(=O)c2sc3ncccc3c21)NCc1ccccc1Cl. The van der Waals surface area contributed by atoms with Crippen molar-refractivity contribution in [2.75, 3.05) is 6.61 Å². The smallest absolute Gasteiger partial charge is 0.332 e. The predicted molar refractivity (Wildman–Crippen MR) is 128 cm³/mol. The van der Waals surface area contributed by atoms with Crippen molar-refractivity contribution >= 4 is 49.3 Å². The summed E-state index contributed by atoms with van der Waals surface area (Å²) in [5.41, 5.74) is 0.314. The fraction of sp³-hybridized carbons (Fsp3) is 0.304. The average Bonchev–Trinajstić information content (AvgIpc) is 3.47. The van der Waals surface area contributed by atoms with Gasteiger partial charge in [-0.3, -0.25) is 18.7 Å². The molecule has 1 atom stereocenters. The number of halogens is 1. The van der Waals surface area contributed by atoms with Gasteiger partial charge in [-0.15, -0.1) is 11.3 Å². The molecule has 4 aromatic rings. The summed E-state index contributed by atoms with van der Waals surface area (Å²) in [7, 11) is 0. The zero-order chi connectivity index (χ0) is 22.9. The monoisotopic (exact) mass is 484 g/mol. The Labute approximate surface area is 197 Å². The van der Waals surface area contributed by atoms with Crippen molar-refractivity contribution in [3.63, 3.8) is 0 Å². The molecule has 1 amide bonds. The Morgan fingerprint density at radius 2 is 2.06 bits per heavy atom. The van der Waals surface area contributed by atoms with E-state index in [2.05, 4.69) is 10.3 Å². The lowest BCUT2D eigenvalue weighted by molar-refractivity contribution is -0.121. The molecule has 1 aromatic carbocycles. The van der Waals surface area contributed by atoms with Gasteiger partial charge in [0, 0.05) is 29.8 Å². The summed E-state index contributed by atoms with van der Waals surface area (Å²) in [6.45, 7) is 0.786. The van der Waals surface area contributed by atoms with Gasteiger partial charge in [0.25, 0.3) is 5.56 Å². The van der Waals surface area contributed by atoms with Crippen molar-refractivity contribution in [2.45, 2.75) is 38.6 Å². The molecule has 33 heavy (non-hydrogen) atoms. The van der Waals surface area contributed by atoms with Crippen LogP contribution < -0.4 is 16.6 Å². The molecule has 0 spiro atoms. The van der Waals surface area contributed by atoms with Crippen LogP contribution in [0, 0.1) is 0 Å². The predicted octanol–water partition coefficient (Wildman–Crippen LogP) is 2.92. The van der Waals surface area contributed by atoms with Gasteiger partial charge >= 0.3 is 5.69 Å². The van der Waals surface area contributed by atoms with E-state index >= 15 is 0 Å². The summed E-state index contributed by atoms with van der Waals surface area (Å²) in [4.78, 5) is 44.5. The van der Waals surface area contributed by atoms with Crippen LogP contribution in [0.2, 0.25) is 5.02 Å². The molecule has 170 valence electrons. The number of rotatable bonds is 6. The van der Waals surface area contributed by atoms with Crippen molar-refractivity contribution in [3.8, 4) is 0 Å². The van der Waals surface area contributed by atoms with E-state index in [1.165, 1.54) is 20.5 Å². The normalized spacial score (nSPS) is 16.0. The summed E-state index contributed by atoms with van der Waals surface area (Å²) in [5.74, 6) is -0.358. The molecule has 5 rings (SSSR count). The minimum absolute atomic E-state index is 0.163. The van der Waals surface area contributed by atoms with E-state index in [9.17, 15) is 14.4 Å². The number of carbonyl (C=O) groups is 1. The summed E-state index contributed by atoms with van der Waals surface area (Å²) < 4.78 is 8.61. The topological polar surface area (TPSA) is 95.2 Å². The van der Waals surface area contributed by atoms with Crippen molar-refractivity contribution in [1.29, 1.82) is 0 Å². The number of fused-ring (bicyclic) bond motifs is 3. The Morgan fingerprint density at radius 1 is 1.21 bits per heavy atom. The number of thiophene rings is 1. The van der Waals surface area contributed by atoms with Crippen LogP contribution in [0.5, 0.6) is 0 Å². The second-order valence-electron chi connectivity index (χ2n) is 7.92. The zero-order valence-electron chi connectivity index (χ0n) is 17.6. The van der Waals surface area contributed by atoms with Gasteiger partial charge in [-0.1, -0.05) is 29.8 Å². The minimum atomic E-state index is -0.528. The highest BCUT2D eigenvalue weighted by Crippen LogP contribution is 2.29. The highest BCUT2D eigenvalue weighted by atomic mass is 35.5. The molecule has 1 aliphatic heterocycles. The minimum Gasteiger partial charge on any atom is -0.376 e. The van der Waals surface area contributed by atoms with E-state index in [1.807, 2.05) is 24.3 Å². The molecular weight excluding hydrogens is 464 g/mol. The fourth-order valence-electron chi connectivity index (χ4n) is 4.12. The third-order valence-electron chi connectivity index (χ3n) is 5.76. The second-order valence-corrected chi connectivity index (χ2v) is 9.33. The maximum Gasteiger partial charge on any atom is 0.332 e. The molecule has 1 fully saturated rings. The molecule has 4 heterocycles. The first-order valence-electron chi connectivity index (χ1n) is 10.7. The number of hydrogen-bond donors (Lipinski definition) is 1. The van der Waals surface area contributed by atoms with Gasteiger partial charge in [-0.2, -0.15) is 0 Å². The molecule has 0 saturated carbocycles. The number of nitrogens with one attached hydrogen (secondary N) is 1. The standard InChI is InChI=1S/C23H21ClN4O4S/c24-17-8-2-1-5-14(17)11-26-18(29)13-27-19-16-7-3-9-25-21(16)33-20(19)22(30)28(23(27)31)12-15-6-4-10-32-15/h1-3,5,7-9,15H,4,6,10-13H2,(H,26,29)/t15-/m0/s1. The Morgan fingerprint density at radius 3 is 2.85 bits per heavy atom. The van der Waals surface area contributed by atoms with Crippen LogP contribution >= 0.6 is 22.9 Å². The first-order chi connectivity index (χ1) is 16.0. The number of pyridine rings is 1. The van der Waals surface area contributed by atoms with Crippen LogP contribution in [-0.2, 0) is 29.2 Å². The molecular formula is C23H21ClN4O4S. The van der Waals surface area contributed by atoms with Crippen molar-refractivity contribution in [1.82, 2.24) is 19.4 Å². The maximum absolute atomic E-state index is 13.5. The number of nitrogens with zero attached hydrogens (tertiary/aromatic N) is 3. The summed E-state index contributed by atoms with van der Waals surface area (Å²) in [6.07, 6.45) is 3.13. The Bertz CT molecular complexity index is 1470. The summed E-state index contributed by atoms with van der Waals surface area (Å²) in [6, 6.07) is 10.8. The highest BCUT2D eigenvalue weighted by molar-refractivity contribution is 7.25. The van der Waals surface area contributed by atoms with Gasteiger partial charge in [0.1, 0.15) is 16.1 Å². The number of ether oxygens (including phenoxy) is 1. The molecule has 3 aromatic heterocycles. The van der Waals surface area contributed by atoms with Crippen molar-refractivity contribution < 1.29 is 9.53 Å². The van der Waals surface area contributed by atoms with E-state index in [0.717, 1.165) is 18.4 Å². The van der Waals surface area contributed by atoms with Gasteiger partial charge in [0.05, 0.1) is 18.2 Å². The lowest BCUT2D eigenvalue weighted by atomic mass is 10.2. The molecule has 10 heteroatoms. The summed E-state index contributed by atoms with van der Waals surface area (Å²) >= 11 is 7.41. The van der Waals surface area contributed by atoms with Gasteiger partial charge < -0.3 is 10.1 Å². The quantitative estimate of drug-likeness (QED) is 0.454. The Balaban J connectivity index is 1.55. The van der Waals surface area contributed by atoms with Crippen LogP contribution in [-0.4, -0.2) is 32.7 Å². The average molecular weight is 485 g/mol. The molecule has 0 radical (unpaired) electrons. The highest BCUT2D eigenvalue weighted by Gasteiger charge is 2.23. The molecule has 1 saturated heterocycles. The Hall–Kier alpha value is -3.01. The molecule has 0 aliphatic carbocycles. The van der Waals surface area contributed by atoms with Gasteiger partial charge in [0.2, 0.25) is 5.91 Å². The second kappa shape index (κ2) is 9.09. The first kappa shape index (κ1) is 21.8. The van der Waals surface area contributed by atoms with Crippen molar-refractivity contribution in [2.24, 2.45) is 0 Å². The third kappa shape index (κ3) is 4.19. The Kier molecular flexibility index (Phi) is 6.01. The molecule has 0 bridgehead atoms. The number of hydrogen-bond acceptors (Lipinski definition) is 6. The number of benzene rings is 1.